The first-order chi connectivity index (χ1) is 8.41. The lowest BCUT2D eigenvalue weighted by Crippen LogP contribution is -2.27. The molecule has 0 fully saturated rings. The van der Waals surface area contributed by atoms with Crippen molar-refractivity contribution in [2.24, 2.45) is 0 Å². The fourth-order valence-corrected chi connectivity index (χ4v) is 1.94. The smallest absolute Gasteiger partial charge is 0.252 e. The van der Waals surface area contributed by atoms with Crippen molar-refractivity contribution in [3.8, 4) is 0 Å². The van der Waals surface area contributed by atoms with Crippen LogP contribution in [-0.4, -0.2) is 29.8 Å². The number of ketones is 1. The monoisotopic (exact) mass is 247 g/mol. The Morgan fingerprint density at radius 3 is 2.72 bits per heavy atom. The van der Waals surface area contributed by atoms with Crippen molar-refractivity contribution < 1.29 is 9.59 Å². The van der Waals surface area contributed by atoms with E-state index in [-0.39, 0.29) is 17.7 Å². The molecule has 1 aromatic rings. The second kappa shape index (κ2) is 4.40. The van der Waals surface area contributed by atoms with Gasteiger partial charge in [-0.25, -0.2) is 4.98 Å². The average Bonchev–Trinajstić information content (AvgIpc) is 2.69. The van der Waals surface area contributed by atoms with Crippen molar-refractivity contribution in [1.29, 1.82) is 0 Å². The zero-order valence-electron chi connectivity index (χ0n) is 11.1. The molecule has 0 atom stereocenters. The summed E-state index contributed by atoms with van der Waals surface area (Å²) in [7, 11) is 1.90. The first kappa shape index (κ1) is 12.5. The number of hydrogen-bond donors (Lipinski definition) is 1. The molecule has 0 saturated heterocycles. The number of carbonyl (C=O) groups excluding carboxylic acids is 2. The predicted molar refractivity (Wildman–Crippen MR) is 69.0 cm³/mol. The van der Waals surface area contributed by atoms with Crippen LogP contribution in [0.3, 0.4) is 0 Å². The maximum atomic E-state index is 11.7. The largest absolute Gasteiger partial charge is 0.357 e. The normalized spacial score (nSPS) is 13.5. The van der Waals surface area contributed by atoms with Crippen LogP contribution in [0.15, 0.2) is 6.07 Å². The third kappa shape index (κ3) is 1.96. The van der Waals surface area contributed by atoms with Gasteiger partial charge in [-0.3, -0.25) is 9.59 Å². The van der Waals surface area contributed by atoms with E-state index in [4.69, 9.17) is 0 Å². The van der Waals surface area contributed by atoms with Gasteiger partial charge in [0.15, 0.2) is 5.78 Å². The van der Waals surface area contributed by atoms with Gasteiger partial charge in [0.25, 0.3) is 5.91 Å². The number of aromatic nitrogens is 1. The van der Waals surface area contributed by atoms with Crippen LogP contribution < -0.4 is 10.2 Å². The molecule has 2 heterocycles. The van der Waals surface area contributed by atoms with Gasteiger partial charge in [-0.05, 0) is 19.9 Å². The zero-order valence-corrected chi connectivity index (χ0v) is 11.1. The Hall–Kier alpha value is -1.91. The molecule has 5 heteroatoms. The van der Waals surface area contributed by atoms with Gasteiger partial charge in [0.1, 0.15) is 11.5 Å². The Balaban J connectivity index is 2.59. The van der Waals surface area contributed by atoms with Crippen LogP contribution >= 0.6 is 0 Å². The molecular formula is C13H17N3O2. The van der Waals surface area contributed by atoms with Crippen LogP contribution in [-0.2, 0) is 6.54 Å². The lowest BCUT2D eigenvalue weighted by molar-refractivity contribution is 0.0964. The maximum Gasteiger partial charge on any atom is 0.252 e. The highest BCUT2D eigenvalue weighted by atomic mass is 16.2. The first-order valence-corrected chi connectivity index (χ1v) is 5.97. The van der Waals surface area contributed by atoms with E-state index >= 15 is 0 Å². The standard InChI is InChI=1S/C13H17N3O2/c1-7(2)16(4)11-5-9-10(6-14-13(9)18)12(15-11)8(3)17/h5,7H,6H2,1-4H3,(H,14,18). The predicted octanol–water partition coefficient (Wildman–Crippen LogP) is 1.37. The molecule has 0 unspecified atom stereocenters. The van der Waals surface area contributed by atoms with Gasteiger partial charge >= 0.3 is 0 Å². The minimum absolute atomic E-state index is 0.109. The molecule has 96 valence electrons. The van der Waals surface area contributed by atoms with E-state index < -0.39 is 0 Å². The lowest BCUT2D eigenvalue weighted by Gasteiger charge is -2.23. The molecule has 0 aliphatic carbocycles. The maximum absolute atomic E-state index is 11.7. The third-order valence-corrected chi connectivity index (χ3v) is 3.25. The second-order valence-corrected chi connectivity index (χ2v) is 4.80. The van der Waals surface area contributed by atoms with Crippen LogP contribution in [0.25, 0.3) is 0 Å². The van der Waals surface area contributed by atoms with Crippen LogP contribution in [0, 0.1) is 0 Å². The van der Waals surface area contributed by atoms with Gasteiger partial charge in [0, 0.05) is 32.1 Å². The summed E-state index contributed by atoms with van der Waals surface area (Å²) in [5.41, 5.74) is 1.68. The van der Waals surface area contributed by atoms with Crippen molar-refractivity contribution in [1.82, 2.24) is 10.3 Å². The van der Waals surface area contributed by atoms with Gasteiger partial charge in [-0.15, -0.1) is 0 Å². The molecule has 0 spiro atoms. The van der Waals surface area contributed by atoms with E-state index in [9.17, 15) is 9.59 Å². The Morgan fingerprint density at radius 2 is 2.17 bits per heavy atom. The molecule has 0 radical (unpaired) electrons. The van der Waals surface area contributed by atoms with Gasteiger partial charge in [-0.2, -0.15) is 0 Å². The van der Waals surface area contributed by atoms with E-state index in [2.05, 4.69) is 10.3 Å². The molecule has 1 aliphatic heterocycles. The molecule has 0 bridgehead atoms. The second-order valence-electron chi connectivity index (χ2n) is 4.80. The highest BCUT2D eigenvalue weighted by Gasteiger charge is 2.26. The van der Waals surface area contributed by atoms with Crippen molar-refractivity contribution in [2.75, 3.05) is 11.9 Å². The van der Waals surface area contributed by atoms with E-state index in [1.807, 2.05) is 25.8 Å². The number of nitrogens with one attached hydrogen (secondary N) is 1. The number of fused-ring (bicyclic) bond motifs is 1. The Bertz CT molecular complexity index is 523. The zero-order chi connectivity index (χ0) is 13.4. The average molecular weight is 247 g/mol. The highest BCUT2D eigenvalue weighted by molar-refractivity contribution is 6.04. The number of nitrogens with zero attached hydrogens (tertiary/aromatic N) is 2. The highest BCUT2D eigenvalue weighted by Crippen LogP contribution is 2.24. The molecule has 18 heavy (non-hydrogen) atoms. The van der Waals surface area contributed by atoms with Crippen molar-refractivity contribution >= 4 is 17.5 Å². The quantitative estimate of drug-likeness (QED) is 0.819. The van der Waals surface area contributed by atoms with E-state index in [0.717, 1.165) is 0 Å². The number of rotatable bonds is 3. The number of anilines is 1. The summed E-state index contributed by atoms with van der Waals surface area (Å²) >= 11 is 0. The summed E-state index contributed by atoms with van der Waals surface area (Å²) in [4.78, 5) is 29.7. The fraction of sp³-hybridized carbons (Fsp3) is 0.462. The topological polar surface area (TPSA) is 62.3 Å². The van der Waals surface area contributed by atoms with Crippen LogP contribution in [0.2, 0.25) is 0 Å². The van der Waals surface area contributed by atoms with Crippen molar-refractivity contribution in [3.05, 3.63) is 22.9 Å². The fourth-order valence-electron chi connectivity index (χ4n) is 1.94. The number of carbonyl (C=O) groups is 2. The van der Waals surface area contributed by atoms with Crippen LogP contribution in [0.5, 0.6) is 0 Å². The SMILES string of the molecule is CC(=O)c1nc(N(C)C(C)C)cc2c1CNC2=O. The Kier molecular flexibility index (Phi) is 3.07. The molecular weight excluding hydrogens is 230 g/mol. The molecule has 2 rings (SSSR count). The molecule has 5 nitrogen and oxygen atoms in total. The Morgan fingerprint density at radius 1 is 1.50 bits per heavy atom. The number of pyridine rings is 1. The molecule has 0 aromatic carbocycles. The summed E-state index contributed by atoms with van der Waals surface area (Å²) < 4.78 is 0. The molecule has 1 aromatic heterocycles. The van der Waals surface area contributed by atoms with Crippen molar-refractivity contribution in [2.45, 2.75) is 33.4 Å². The molecule has 1 N–H and O–H groups in total. The van der Waals surface area contributed by atoms with Crippen molar-refractivity contribution in [3.63, 3.8) is 0 Å². The summed E-state index contributed by atoms with van der Waals surface area (Å²) in [5, 5.41) is 2.73. The molecule has 1 aliphatic rings. The van der Waals surface area contributed by atoms with Gasteiger partial charge < -0.3 is 10.2 Å². The number of Topliss-reactive ketones (excluding diaryl/α,β-unsaturated/α-hetero) is 1. The van der Waals surface area contributed by atoms with E-state index in [1.54, 1.807) is 6.07 Å². The third-order valence-electron chi connectivity index (χ3n) is 3.25. The summed E-state index contributed by atoms with van der Waals surface area (Å²) in [6, 6.07) is 2.00. The minimum atomic E-state index is -0.131. The van der Waals surface area contributed by atoms with Gasteiger partial charge in [0.2, 0.25) is 0 Å². The lowest BCUT2D eigenvalue weighted by atomic mass is 10.1. The summed E-state index contributed by atoms with van der Waals surface area (Å²) in [6.07, 6.45) is 0. The Labute approximate surface area is 106 Å². The van der Waals surface area contributed by atoms with Gasteiger partial charge in [-0.1, -0.05) is 0 Å². The van der Waals surface area contributed by atoms with E-state index in [0.29, 0.717) is 29.2 Å². The number of amides is 1. The van der Waals surface area contributed by atoms with Crippen LogP contribution in [0.1, 0.15) is 47.2 Å². The molecule has 0 saturated carbocycles. The summed E-state index contributed by atoms with van der Waals surface area (Å²) in [5.74, 6) is 0.418. The van der Waals surface area contributed by atoms with Crippen LogP contribution in [0.4, 0.5) is 5.82 Å². The minimum Gasteiger partial charge on any atom is -0.357 e. The first-order valence-electron chi connectivity index (χ1n) is 5.97. The van der Waals surface area contributed by atoms with E-state index in [1.165, 1.54) is 6.92 Å². The van der Waals surface area contributed by atoms with Gasteiger partial charge in [0.05, 0.1) is 5.56 Å². The molecule has 1 amide bonds. The number of hydrogen-bond acceptors (Lipinski definition) is 4. The summed E-state index contributed by atoms with van der Waals surface area (Å²) in [6.45, 7) is 5.93.